The van der Waals surface area contributed by atoms with E-state index in [0.717, 1.165) is 0 Å². The second-order valence-corrected chi connectivity index (χ2v) is 14.3. The molecule has 0 bridgehead atoms. The summed E-state index contributed by atoms with van der Waals surface area (Å²) in [6.45, 7) is 0. The van der Waals surface area contributed by atoms with Crippen molar-refractivity contribution >= 4 is 71.5 Å². The molecule has 0 saturated carbocycles. The van der Waals surface area contributed by atoms with Crippen LogP contribution < -0.4 is 0 Å². The predicted octanol–water partition coefficient (Wildman–Crippen LogP) is -1.68. The molecule has 0 aliphatic carbocycles. The van der Waals surface area contributed by atoms with E-state index in [9.17, 15) is 77.8 Å². The van der Waals surface area contributed by atoms with Crippen LogP contribution >= 0.6 is 0 Å². The molecule has 0 spiro atoms. The lowest BCUT2D eigenvalue weighted by Gasteiger charge is -2.18. The van der Waals surface area contributed by atoms with Gasteiger partial charge in [-0.05, 0) is 12.1 Å². The molecule has 18 nitrogen and oxygen atoms in total. The highest BCUT2D eigenvalue weighted by Gasteiger charge is 2.43. The van der Waals surface area contributed by atoms with Crippen LogP contribution in [0.5, 0.6) is 0 Å². The molecule has 2 aromatic rings. The third-order valence-corrected chi connectivity index (χ3v) is 9.58. The zero-order chi connectivity index (χ0) is 27.0. The van der Waals surface area contributed by atoms with Crippen molar-refractivity contribution in [3.05, 3.63) is 12.1 Å². The summed E-state index contributed by atoms with van der Waals surface area (Å²) >= 11 is 0. The van der Waals surface area contributed by atoms with Crippen molar-refractivity contribution < 1.29 is 77.8 Å². The second-order valence-electron chi connectivity index (χ2n) is 6.01. The van der Waals surface area contributed by atoms with E-state index in [1.165, 1.54) is 0 Å². The van der Waals surface area contributed by atoms with Crippen LogP contribution in [0.25, 0.3) is 10.8 Å². The summed E-state index contributed by atoms with van der Waals surface area (Å²) in [5.74, 6) is 0. The summed E-state index contributed by atoms with van der Waals surface area (Å²) in [5, 5.41) is -3.89. The van der Waals surface area contributed by atoms with Crippen molar-refractivity contribution in [2.75, 3.05) is 0 Å². The molecule has 0 fully saturated rings. The highest BCUT2D eigenvalue weighted by Crippen LogP contribution is 2.44. The minimum Gasteiger partial charge on any atom is -0.282 e. The Bertz CT molecular complexity index is 1910. The lowest BCUT2D eigenvalue weighted by molar-refractivity contribution is 0.448. The van der Waals surface area contributed by atoms with Crippen LogP contribution in [0.2, 0.25) is 0 Å². The van der Waals surface area contributed by atoms with Crippen molar-refractivity contribution in [1.82, 2.24) is 0 Å². The lowest BCUT2D eigenvalue weighted by Crippen LogP contribution is -2.20. The Balaban J connectivity index is 3.91. The summed E-state index contributed by atoms with van der Waals surface area (Å²) in [6, 6.07) is -0.504. The Hall–Kier alpha value is -1.84. The number of benzene rings is 2. The Labute approximate surface area is 190 Å². The molecular weight excluding hydrogens is 600 g/mol. The molecular formula is C10H8O18S6. The van der Waals surface area contributed by atoms with Crippen molar-refractivity contribution in [2.24, 2.45) is 0 Å². The van der Waals surface area contributed by atoms with Crippen LogP contribution in [-0.4, -0.2) is 77.8 Å². The van der Waals surface area contributed by atoms with Gasteiger partial charge < -0.3 is 0 Å². The van der Waals surface area contributed by atoms with Crippen LogP contribution in [0.15, 0.2) is 41.5 Å². The average Bonchev–Trinajstić information content (AvgIpc) is 2.53. The monoisotopic (exact) mass is 608 g/mol. The minimum atomic E-state index is -6.40. The first kappa shape index (κ1) is 28.4. The number of hydrogen-bond acceptors (Lipinski definition) is 12. The van der Waals surface area contributed by atoms with Gasteiger partial charge in [0, 0.05) is 10.8 Å². The van der Waals surface area contributed by atoms with Gasteiger partial charge in [-0.15, -0.1) is 0 Å². The van der Waals surface area contributed by atoms with Crippen LogP contribution in [0, 0.1) is 0 Å². The maximum atomic E-state index is 12.0. The van der Waals surface area contributed by atoms with Gasteiger partial charge in [0.1, 0.15) is 24.5 Å². The number of fused-ring (bicyclic) bond motifs is 1. The van der Waals surface area contributed by atoms with Gasteiger partial charge in [-0.1, -0.05) is 0 Å². The Morgan fingerprint density at radius 3 is 1.06 bits per heavy atom. The summed E-state index contributed by atoms with van der Waals surface area (Å²) in [6.07, 6.45) is 0. The van der Waals surface area contributed by atoms with E-state index in [-0.39, 0.29) is 12.1 Å². The molecule has 2 rings (SSSR count). The first-order valence-corrected chi connectivity index (χ1v) is 15.9. The fourth-order valence-corrected chi connectivity index (χ4v) is 9.15. The molecule has 0 aromatic heterocycles. The SMILES string of the molecule is O=S(=O)(O)c1cc(S(=O)(=O)O)c2c(S(=O)(=O)O)c(S(=O)(=O)O)c(S(=O)(=O)O)c(S(=O)(=O)O)c2c1. The minimum absolute atomic E-state index is 0.223. The van der Waals surface area contributed by atoms with Gasteiger partial charge in [0.2, 0.25) is 0 Å². The van der Waals surface area contributed by atoms with E-state index in [4.69, 9.17) is 0 Å². The van der Waals surface area contributed by atoms with Gasteiger partial charge in [0.05, 0.1) is 4.90 Å². The molecule has 0 aliphatic rings. The Kier molecular flexibility index (Phi) is 6.54. The van der Waals surface area contributed by atoms with Gasteiger partial charge in [-0.2, -0.15) is 50.5 Å². The van der Waals surface area contributed by atoms with Crippen molar-refractivity contribution in [1.29, 1.82) is 0 Å². The molecule has 0 unspecified atom stereocenters. The summed E-state index contributed by atoms with van der Waals surface area (Å²) < 4.78 is 198. The zero-order valence-electron chi connectivity index (χ0n) is 15.2. The molecule has 0 amide bonds. The van der Waals surface area contributed by atoms with E-state index in [1.807, 2.05) is 0 Å². The highest BCUT2D eigenvalue weighted by atomic mass is 32.2. The standard InChI is InChI=1S/C10H8O18S6/c11-29(12,13)3-1-4-6(5(2-3)30(14,15)16)8(32(20,21)22)10(34(26,27)28)9(33(23,24)25)7(4)31(17,18)19/h1-2H,(H,11,12,13)(H,14,15,16)(H,17,18,19)(H,20,21,22)(H,23,24,25)(H,26,27,28). The molecule has 24 heteroatoms. The third-order valence-electron chi connectivity index (χ3n) is 3.77. The molecule has 0 saturated heterocycles. The third kappa shape index (κ3) is 5.21. The summed E-state index contributed by atoms with van der Waals surface area (Å²) in [5.41, 5.74) is 0. The van der Waals surface area contributed by atoms with E-state index in [0.29, 0.717) is 0 Å². The maximum Gasteiger partial charge on any atom is 0.297 e. The molecule has 0 radical (unpaired) electrons. The molecule has 0 atom stereocenters. The summed E-state index contributed by atoms with van der Waals surface area (Å²) in [7, 11) is -36.9. The Morgan fingerprint density at radius 1 is 0.412 bits per heavy atom. The fourth-order valence-electron chi connectivity index (χ4n) is 2.77. The second kappa shape index (κ2) is 7.83. The normalized spacial score (nSPS) is 14.4. The van der Waals surface area contributed by atoms with Gasteiger partial charge in [-0.3, -0.25) is 27.3 Å². The number of rotatable bonds is 6. The zero-order valence-corrected chi connectivity index (χ0v) is 20.1. The maximum absolute atomic E-state index is 12.0. The van der Waals surface area contributed by atoms with Crippen LogP contribution in [0.1, 0.15) is 0 Å². The smallest absolute Gasteiger partial charge is 0.282 e. The quantitative estimate of drug-likeness (QED) is 0.199. The van der Waals surface area contributed by atoms with E-state index >= 15 is 0 Å². The first-order chi connectivity index (χ1) is 14.7. The van der Waals surface area contributed by atoms with E-state index in [2.05, 4.69) is 0 Å². The molecule has 6 N–H and O–H groups in total. The molecule has 0 heterocycles. The topological polar surface area (TPSA) is 326 Å². The van der Waals surface area contributed by atoms with Crippen LogP contribution in [0.4, 0.5) is 0 Å². The molecule has 34 heavy (non-hydrogen) atoms. The van der Waals surface area contributed by atoms with Crippen molar-refractivity contribution in [3.8, 4) is 0 Å². The largest absolute Gasteiger partial charge is 0.297 e. The highest BCUT2D eigenvalue weighted by molar-refractivity contribution is 7.92. The fraction of sp³-hybridized carbons (Fsp3) is 0. The van der Waals surface area contributed by atoms with Gasteiger partial charge in [0.15, 0.2) is 0 Å². The average molecular weight is 609 g/mol. The lowest BCUT2D eigenvalue weighted by atomic mass is 10.1. The van der Waals surface area contributed by atoms with Gasteiger partial charge in [0.25, 0.3) is 60.7 Å². The van der Waals surface area contributed by atoms with Crippen LogP contribution in [-0.2, 0) is 60.7 Å². The predicted molar refractivity (Wildman–Crippen MR) is 103 cm³/mol. The molecule has 192 valence electrons. The summed E-state index contributed by atoms with van der Waals surface area (Å²) in [4.78, 5) is -14.1. The molecule has 0 aliphatic heterocycles. The Morgan fingerprint density at radius 2 is 0.765 bits per heavy atom. The molecule has 2 aromatic carbocycles. The van der Waals surface area contributed by atoms with Crippen molar-refractivity contribution in [2.45, 2.75) is 29.4 Å². The van der Waals surface area contributed by atoms with Crippen LogP contribution in [0.3, 0.4) is 0 Å². The van der Waals surface area contributed by atoms with Gasteiger partial charge >= 0.3 is 0 Å². The van der Waals surface area contributed by atoms with E-state index in [1.54, 1.807) is 0 Å². The van der Waals surface area contributed by atoms with E-state index < -0.39 is 101 Å². The first-order valence-electron chi connectivity index (χ1n) is 7.22. The van der Waals surface area contributed by atoms with Gasteiger partial charge in [-0.25, -0.2) is 0 Å². The number of hydrogen-bond donors (Lipinski definition) is 6. The van der Waals surface area contributed by atoms with Crippen molar-refractivity contribution in [3.63, 3.8) is 0 Å².